The molecular weight excluding hydrogens is 416 g/mol. The number of hydrogen-bond acceptors (Lipinski definition) is 5. The Balaban J connectivity index is 2.56. The number of carbonyl (C=O) groups is 2. The standard InChI is InChI=1S/C19H25BrN2O5/c1-5-8-27-17-12(20)9-11(10-14(17)26-7-3)16-15(18(23)25-4)13(6-2)21-19(24)22-16/h9-10,16H,5-8H2,1-4H3,(H2,21,22,24). The molecule has 8 heteroatoms. The van der Waals surface area contributed by atoms with Gasteiger partial charge in [0.1, 0.15) is 0 Å². The number of amides is 2. The number of benzene rings is 1. The molecule has 0 saturated carbocycles. The van der Waals surface area contributed by atoms with Gasteiger partial charge in [-0.1, -0.05) is 13.8 Å². The number of nitrogens with one attached hydrogen (secondary N) is 2. The molecule has 27 heavy (non-hydrogen) atoms. The van der Waals surface area contributed by atoms with Crippen LogP contribution in [0.1, 0.15) is 45.2 Å². The summed E-state index contributed by atoms with van der Waals surface area (Å²) in [6.45, 7) is 6.77. The van der Waals surface area contributed by atoms with Crippen molar-refractivity contribution in [2.75, 3.05) is 20.3 Å². The van der Waals surface area contributed by atoms with Gasteiger partial charge in [-0.2, -0.15) is 0 Å². The number of allylic oxidation sites excluding steroid dienone is 1. The van der Waals surface area contributed by atoms with Gasteiger partial charge in [-0.25, -0.2) is 9.59 Å². The average molecular weight is 441 g/mol. The molecule has 0 aromatic heterocycles. The molecular formula is C19H25BrN2O5. The fourth-order valence-electron chi connectivity index (χ4n) is 2.86. The van der Waals surface area contributed by atoms with Crippen molar-refractivity contribution < 1.29 is 23.8 Å². The largest absolute Gasteiger partial charge is 0.490 e. The molecule has 7 nitrogen and oxygen atoms in total. The van der Waals surface area contributed by atoms with Gasteiger partial charge < -0.3 is 24.8 Å². The second-order valence-electron chi connectivity index (χ2n) is 5.88. The van der Waals surface area contributed by atoms with E-state index in [0.717, 1.165) is 6.42 Å². The summed E-state index contributed by atoms with van der Waals surface area (Å²) < 4.78 is 17.2. The molecule has 1 atom stereocenters. The SMILES string of the molecule is CCCOc1c(Br)cc(C2NC(=O)NC(CC)=C2C(=O)OC)cc1OCC. The summed E-state index contributed by atoms with van der Waals surface area (Å²) in [5, 5.41) is 5.48. The van der Waals surface area contributed by atoms with Gasteiger partial charge in [-0.3, -0.25) is 0 Å². The van der Waals surface area contributed by atoms with Gasteiger partial charge in [0.25, 0.3) is 0 Å². The molecule has 0 aliphatic carbocycles. The molecule has 148 valence electrons. The minimum absolute atomic E-state index is 0.370. The number of urea groups is 1. The van der Waals surface area contributed by atoms with Crippen molar-refractivity contribution in [2.24, 2.45) is 0 Å². The van der Waals surface area contributed by atoms with Crippen LogP contribution in [0.3, 0.4) is 0 Å². The number of rotatable bonds is 8. The molecule has 1 aromatic rings. The van der Waals surface area contributed by atoms with E-state index in [1.165, 1.54) is 7.11 Å². The van der Waals surface area contributed by atoms with Crippen molar-refractivity contribution in [1.29, 1.82) is 0 Å². The zero-order chi connectivity index (χ0) is 20.0. The van der Waals surface area contributed by atoms with Gasteiger partial charge in [0.15, 0.2) is 11.5 Å². The van der Waals surface area contributed by atoms with Crippen molar-refractivity contribution in [3.8, 4) is 11.5 Å². The molecule has 1 aromatic carbocycles. The highest BCUT2D eigenvalue weighted by atomic mass is 79.9. The Morgan fingerprint density at radius 3 is 2.56 bits per heavy atom. The van der Waals surface area contributed by atoms with Gasteiger partial charge in [0, 0.05) is 5.70 Å². The Kier molecular flexibility index (Phi) is 7.53. The molecule has 1 aliphatic rings. The molecule has 2 rings (SSSR count). The predicted octanol–water partition coefficient (Wildman–Crippen LogP) is 3.83. The van der Waals surface area contributed by atoms with Crippen LogP contribution in [-0.4, -0.2) is 32.3 Å². The van der Waals surface area contributed by atoms with Crippen LogP contribution in [0, 0.1) is 0 Å². The third-order valence-electron chi connectivity index (χ3n) is 4.03. The molecule has 0 fully saturated rings. The highest BCUT2D eigenvalue weighted by molar-refractivity contribution is 9.10. The summed E-state index contributed by atoms with van der Waals surface area (Å²) in [4.78, 5) is 24.5. The van der Waals surface area contributed by atoms with Gasteiger partial charge in [0.2, 0.25) is 0 Å². The summed E-state index contributed by atoms with van der Waals surface area (Å²) in [5.41, 5.74) is 1.60. The van der Waals surface area contributed by atoms with E-state index in [-0.39, 0.29) is 6.03 Å². The van der Waals surface area contributed by atoms with Crippen molar-refractivity contribution in [2.45, 2.75) is 39.7 Å². The van der Waals surface area contributed by atoms with Gasteiger partial charge in [-0.05, 0) is 53.4 Å². The van der Waals surface area contributed by atoms with Crippen LogP contribution in [-0.2, 0) is 9.53 Å². The van der Waals surface area contributed by atoms with E-state index < -0.39 is 12.0 Å². The van der Waals surface area contributed by atoms with E-state index >= 15 is 0 Å². The Labute approximate surface area is 167 Å². The van der Waals surface area contributed by atoms with Crippen LogP contribution < -0.4 is 20.1 Å². The van der Waals surface area contributed by atoms with E-state index in [0.29, 0.717) is 52.4 Å². The lowest BCUT2D eigenvalue weighted by atomic mass is 9.94. The van der Waals surface area contributed by atoms with Crippen molar-refractivity contribution in [1.82, 2.24) is 10.6 Å². The Morgan fingerprint density at radius 1 is 1.22 bits per heavy atom. The van der Waals surface area contributed by atoms with E-state index in [1.807, 2.05) is 26.8 Å². The number of esters is 1. The van der Waals surface area contributed by atoms with E-state index in [2.05, 4.69) is 26.6 Å². The highest BCUT2D eigenvalue weighted by Crippen LogP contribution is 2.40. The van der Waals surface area contributed by atoms with Crippen LogP contribution >= 0.6 is 15.9 Å². The quantitative estimate of drug-likeness (QED) is 0.599. The van der Waals surface area contributed by atoms with E-state index in [1.54, 1.807) is 6.07 Å². The molecule has 1 heterocycles. The lowest BCUT2D eigenvalue weighted by Gasteiger charge is -2.29. The molecule has 1 unspecified atom stereocenters. The Bertz CT molecular complexity index is 748. The van der Waals surface area contributed by atoms with Gasteiger partial charge in [0.05, 0.1) is 36.4 Å². The van der Waals surface area contributed by atoms with E-state index in [9.17, 15) is 9.59 Å². The Hall–Kier alpha value is -2.22. The molecule has 0 saturated heterocycles. The topological polar surface area (TPSA) is 85.9 Å². The third kappa shape index (κ3) is 4.74. The minimum Gasteiger partial charge on any atom is -0.490 e. The Morgan fingerprint density at radius 2 is 1.96 bits per heavy atom. The fraction of sp³-hybridized carbons (Fsp3) is 0.474. The maximum Gasteiger partial charge on any atom is 0.337 e. The molecule has 0 spiro atoms. The van der Waals surface area contributed by atoms with Crippen LogP contribution in [0.4, 0.5) is 4.79 Å². The van der Waals surface area contributed by atoms with E-state index in [4.69, 9.17) is 14.2 Å². The maximum atomic E-state index is 12.4. The summed E-state index contributed by atoms with van der Waals surface area (Å²) in [5.74, 6) is 0.650. The zero-order valence-electron chi connectivity index (χ0n) is 16.0. The van der Waals surface area contributed by atoms with Gasteiger partial charge in [-0.15, -0.1) is 0 Å². The molecule has 0 radical (unpaired) electrons. The number of carbonyl (C=O) groups excluding carboxylic acids is 2. The first-order valence-corrected chi connectivity index (χ1v) is 9.73. The maximum absolute atomic E-state index is 12.4. The summed E-state index contributed by atoms with van der Waals surface area (Å²) in [6.07, 6.45) is 1.35. The second-order valence-corrected chi connectivity index (χ2v) is 6.73. The lowest BCUT2D eigenvalue weighted by molar-refractivity contribution is -0.136. The smallest absolute Gasteiger partial charge is 0.337 e. The molecule has 0 bridgehead atoms. The average Bonchev–Trinajstić information content (AvgIpc) is 2.66. The zero-order valence-corrected chi connectivity index (χ0v) is 17.6. The van der Waals surface area contributed by atoms with Crippen molar-refractivity contribution in [3.05, 3.63) is 33.4 Å². The second kappa shape index (κ2) is 9.64. The minimum atomic E-state index is -0.656. The van der Waals surface area contributed by atoms with Crippen molar-refractivity contribution >= 4 is 27.9 Å². The molecule has 1 aliphatic heterocycles. The first-order chi connectivity index (χ1) is 13.0. The van der Waals surface area contributed by atoms with Crippen LogP contribution in [0.2, 0.25) is 0 Å². The van der Waals surface area contributed by atoms with Crippen LogP contribution in [0.5, 0.6) is 11.5 Å². The summed E-state index contributed by atoms with van der Waals surface area (Å²) in [6, 6.07) is 2.58. The lowest BCUT2D eigenvalue weighted by Crippen LogP contribution is -2.45. The van der Waals surface area contributed by atoms with Gasteiger partial charge >= 0.3 is 12.0 Å². The first-order valence-electron chi connectivity index (χ1n) is 8.94. The molecule has 2 amide bonds. The number of methoxy groups -OCH3 is 1. The first kappa shape index (κ1) is 21.1. The monoisotopic (exact) mass is 440 g/mol. The normalized spacial score (nSPS) is 16.5. The predicted molar refractivity (Wildman–Crippen MR) is 105 cm³/mol. The number of halogens is 1. The fourth-order valence-corrected chi connectivity index (χ4v) is 3.43. The van der Waals surface area contributed by atoms with Crippen LogP contribution in [0.25, 0.3) is 0 Å². The number of hydrogen-bond donors (Lipinski definition) is 2. The highest BCUT2D eigenvalue weighted by Gasteiger charge is 2.33. The molecule has 2 N–H and O–H groups in total. The van der Waals surface area contributed by atoms with Crippen LogP contribution in [0.15, 0.2) is 27.9 Å². The number of ether oxygens (including phenoxy) is 3. The summed E-state index contributed by atoms with van der Waals surface area (Å²) in [7, 11) is 1.32. The summed E-state index contributed by atoms with van der Waals surface area (Å²) >= 11 is 3.52. The van der Waals surface area contributed by atoms with Crippen molar-refractivity contribution in [3.63, 3.8) is 0 Å². The third-order valence-corrected chi connectivity index (χ3v) is 4.62.